The highest BCUT2D eigenvalue weighted by Crippen LogP contribution is 1.79. The summed E-state index contributed by atoms with van der Waals surface area (Å²) in [5.74, 6) is 5.12. The molecule has 0 fully saturated rings. The average molecular weight is 92.1 g/mol. The van der Waals surface area contributed by atoms with Crippen molar-refractivity contribution in [3.05, 3.63) is 6.92 Å². The van der Waals surface area contributed by atoms with E-state index in [1.54, 1.807) is 0 Å². The van der Waals surface area contributed by atoms with Crippen molar-refractivity contribution >= 4 is 0 Å². The maximum atomic E-state index is 7.95. The van der Waals surface area contributed by atoms with E-state index in [4.69, 9.17) is 5.26 Å². The Morgan fingerprint density at radius 1 is 1.43 bits per heavy atom. The van der Waals surface area contributed by atoms with Gasteiger partial charge in [-0.25, -0.2) is 0 Å². The van der Waals surface area contributed by atoms with E-state index in [1.165, 1.54) is 0 Å². The molecule has 0 aromatic heterocycles. The number of hydrogen-bond acceptors (Lipinski definition) is 1. The van der Waals surface area contributed by atoms with Crippen LogP contribution in [0.5, 0.6) is 0 Å². The number of nitriles is 1. The van der Waals surface area contributed by atoms with Gasteiger partial charge in [0.25, 0.3) is 0 Å². The molecule has 0 aromatic rings. The minimum atomic E-state index is 0.516. The first kappa shape index (κ1) is 6.05. The SMILES string of the molecule is [CH2]C#CCCC#N. The Hall–Kier alpha value is -0.950. The Labute approximate surface area is 44.0 Å². The van der Waals surface area contributed by atoms with Gasteiger partial charge in [-0.3, -0.25) is 0 Å². The minimum Gasteiger partial charge on any atom is -0.198 e. The molecule has 0 saturated heterocycles. The maximum absolute atomic E-state index is 7.95. The summed E-state index contributed by atoms with van der Waals surface area (Å²) in [6, 6.07) is 1.97. The Morgan fingerprint density at radius 2 is 2.14 bits per heavy atom. The number of unbranched alkanes of at least 4 members (excludes halogenated alkanes) is 1. The van der Waals surface area contributed by atoms with Crippen LogP contribution in [-0.2, 0) is 0 Å². The molecule has 35 valence electrons. The van der Waals surface area contributed by atoms with Crippen LogP contribution in [-0.4, -0.2) is 0 Å². The van der Waals surface area contributed by atoms with E-state index in [1.807, 2.05) is 6.07 Å². The zero-order valence-corrected chi connectivity index (χ0v) is 4.07. The quantitative estimate of drug-likeness (QED) is 0.351. The van der Waals surface area contributed by atoms with Crippen molar-refractivity contribution < 1.29 is 0 Å². The summed E-state index contributed by atoms with van der Waals surface area (Å²) in [6.45, 7) is 3.29. The van der Waals surface area contributed by atoms with Gasteiger partial charge in [-0.05, 0) is 0 Å². The molecule has 0 spiro atoms. The number of hydrogen-bond donors (Lipinski definition) is 0. The summed E-state index contributed by atoms with van der Waals surface area (Å²) in [6.07, 6.45) is 1.17. The van der Waals surface area contributed by atoms with Crippen molar-refractivity contribution in [3.63, 3.8) is 0 Å². The van der Waals surface area contributed by atoms with Crippen LogP contribution in [0.3, 0.4) is 0 Å². The number of nitrogens with zero attached hydrogens (tertiary/aromatic N) is 1. The summed E-state index contributed by atoms with van der Waals surface area (Å²) in [5.41, 5.74) is 0. The third kappa shape index (κ3) is 5.05. The van der Waals surface area contributed by atoms with Crippen LogP contribution < -0.4 is 0 Å². The summed E-state index contributed by atoms with van der Waals surface area (Å²) in [5, 5.41) is 7.95. The largest absolute Gasteiger partial charge is 0.198 e. The molecule has 0 N–H and O–H groups in total. The molecule has 0 aliphatic carbocycles. The van der Waals surface area contributed by atoms with Crippen LogP contribution in [0.25, 0.3) is 0 Å². The highest BCUT2D eigenvalue weighted by atomic mass is 14.2. The molecule has 7 heavy (non-hydrogen) atoms. The normalized spacial score (nSPS) is 5.71. The van der Waals surface area contributed by atoms with Crippen LogP contribution in [0, 0.1) is 30.1 Å². The molecule has 0 saturated carbocycles. The van der Waals surface area contributed by atoms with Crippen molar-refractivity contribution in [1.29, 1.82) is 5.26 Å². The lowest BCUT2D eigenvalue weighted by molar-refractivity contribution is 1.09. The predicted octanol–water partition coefficient (Wildman–Crippen LogP) is 1.13. The van der Waals surface area contributed by atoms with Gasteiger partial charge in [0.1, 0.15) is 0 Å². The van der Waals surface area contributed by atoms with Crippen LogP contribution in [0.15, 0.2) is 0 Å². The van der Waals surface area contributed by atoms with Gasteiger partial charge in [-0.15, -0.1) is 11.8 Å². The summed E-state index contributed by atoms with van der Waals surface area (Å²) < 4.78 is 0. The minimum absolute atomic E-state index is 0.516. The summed E-state index contributed by atoms with van der Waals surface area (Å²) >= 11 is 0. The zero-order chi connectivity index (χ0) is 5.54. The maximum Gasteiger partial charge on any atom is 0.0631 e. The van der Waals surface area contributed by atoms with E-state index in [2.05, 4.69) is 18.8 Å². The van der Waals surface area contributed by atoms with E-state index < -0.39 is 0 Å². The smallest absolute Gasteiger partial charge is 0.0631 e. The fourth-order valence-electron chi connectivity index (χ4n) is 0.207. The fraction of sp³-hybridized carbons (Fsp3) is 0.333. The van der Waals surface area contributed by atoms with Gasteiger partial charge in [0.2, 0.25) is 0 Å². The second-order valence-electron chi connectivity index (χ2n) is 1.01. The van der Waals surface area contributed by atoms with Gasteiger partial charge in [0.05, 0.1) is 6.07 Å². The first-order valence-corrected chi connectivity index (χ1v) is 2.03. The molecule has 0 rings (SSSR count). The molecule has 0 amide bonds. The van der Waals surface area contributed by atoms with Crippen LogP contribution in [0.2, 0.25) is 0 Å². The monoisotopic (exact) mass is 92.1 g/mol. The third-order valence-electron chi connectivity index (χ3n) is 0.487. The van der Waals surface area contributed by atoms with Crippen molar-refractivity contribution in [1.82, 2.24) is 0 Å². The standard InChI is InChI=1S/C6H6N/c1-2-3-4-5-6-7/h1,4-5H2. The van der Waals surface area contributed by atoms with E-state index in [9.17, 15) is 0 Å². The zero-order valence-electron chi connectivity index (χ0n) is 4.07. The average Bonchev–Trinajstić information content (AvgIpc) is 1.69. The third-order valence-corrected chi connectivity index (χ3v) is 0.487. The van der Waals surface area contributed by atoms with Crippen molar-refractivity contribution in [3.8, 4) is 17.9 Å². The molecule has 1 heteroatoms. The van der Waals surface area contributed by atoms with Gasteiger partial charge in [0.15, 0.2) is 0 Å². The Balaban J connectivity index is 2.98. The molecule has 0 atom stereocenters. The second kappa shape index (κ2) is 5.05. The van der Waals surface area contributed by atoms with Gasteiger partial charge in [-0.2, -0.15) is 5.26 Å². The lowest BCUT2D eigenvalue weighted by Crippen LogP contribution is -1.60. The molecule has 0 aromatic carbocycles. The van der Waals surface area contributed by atoms with E-state index in [0.29, 0.717) is 12.8 Å². The first-order valence-electron chi connectivity index (χ1n) is 2.03. The highest BCUT2D eigenvalue weighted by molar-refractivity contribution is 5.02. The first-order chi connectivity index (χ1) is 3.41. The lowest BCUT2D eigenvalue weighted by atomic mass is 10.3. The van der Waals surface area contributed by atoms with Crippen LogP contribution >= 0.6 is 0 Å². The second-order valence-corrected chi connectivity index (χ2v) is 1.01. The van der Waals surface area contributed by atoms with Gasteiger partial charge >= 0.3 is 0 Å². The van der Waals surface area contributed by atoms with Gasteiger partial charge in [0, 0.05) is 19.8 Å². The molecular weight excluding hydrogens is 86.1 g/mol. The van der Waals surface area contributed by atoms with Gasteiger partial charge < -0.3 is 0 Å². The predicted molar refractivity (Wildman–Crippen MR) is 28.0 cm³/mol. The molecule has 0 bridgehead atoms. The van der Waals surface area contributed by atoms with E-state index >= 15 is 0 Å². The molecular formula is C6H6N. The lowest BCUT2D eigenvalue weighted by Gasteiger charge is -1.69. The highest BCUT2D eigenvalue weighted by Gasteiger charge is 1.71. The molecule has 0 aliphatic heterocycles. The number of rotatable bonds is 1. The Morgan fingerprint density at radius 3 is 2.57 bits per heavy atom. The van der Waals surface area contributed by atoms with Crippen LogP contribution in [0.4, 0.5) is 0 Å². The fourth-order valence-corrected chi connectivity index (χ4v) is 0.207. The summed E-state index contributed by atoms with van der Waals surface area (Å²) in [4.78, 5) is 0. The molecule has 1 radical (unpaired) electrons. The van der Waals surface area contributed by atoms with Crippen LogP contribution in [0.1, 0.15) is 12.8 Å². The van der Waals surface area contributed by atoms with Gasteiger partial charge in [-0.1, -0.05) is 0 Å². The van der Waals surface area contributed by atoms with E-state index in [-0.39, 0.29) is 0 Å². The van der Waals surface area contributed by atoms with E-state index in [0.717, 1.165) is 0 Å². The molecule has 1 nitrogen and oxygen atoms in total. The van der Waals surface area contributed by atoms with Crippen molar-refractivity contribution in [2.24, 2.45) is 0 Å². The molecule has 0 heterocycles. The Kier molecular flexibility index (Phi) is 4.36. The van der Waals surface area contributed by atoms with Crippen molar-refractivity contribution in [2.75, 3.05) is 0 Å². The topological polar surface area (TPSA) is 23.8 Å². The van der Waals surface area contributed by atoms with Crippen molar-refractivity contribution in [2.45, 2.75) is 12.8 Å². The Bertz CT molecular complexity index is 119. The molecule has 0 aliphatic rings. The summed E-state index contributed by atoms with van der Waals surface area (Å²) in [7, 11) is 0. The molecule has 0 unspecified atom stereocenters.